The number of ether oxygens (including phenoxy) is 2. The molecule has 2 rings (SSSR count). The second-order valence-corrected chi connectivity index (χ2v) is 9.58. The number of guanidine groups is 1. The Morgan fingerprint density at radius 1 is 0.969 bits per heavy atom. The Balaban J connectivity index is 0.00000512. The summed E-state index contributed by atoms with van der Waals surface area (Å²) in [6, 6.07) is 12.6. The summed E-state index contributed by atoms with van der Waals surface area (Å²) < 4.78 is 38.9. The molecule has 10 heteroatoms. The van der Waals surface area contributed by atoms with E-state index in [9.17, 15) is 8.42 Å². The van der Waals surface area contributed by atoms with E-state index >= 15 is 0 Å². The van der Waals surface area contributed by atoms with Crippen molar-refractivity contribution < 1.29 is 17.9 Å². The van der Waals surface area contributed by atoms with E-state index in [1.807, 2.05) is 45.0 Å². The molecule has 8 nitrogen and oxygen atoms in total. The van der Waals surface area contributed by atoms with Crippen LogP contribution in [0.4, 0.5) is 0 Å². The minimum Gasteiger partial charge on any atom is -0.493 e. The zero-order valence-electron chi connectivity index (χ0n) is 19.4. The molecule has 0 bridgehead atoms. The maximum absolute atomic E-state index is 12.8. The van der Waals surface area contributed by atoms with Gasteiger partial charge in [0.05, 0.1) is 19.1 Å². The largest absolute Gasteiger partial charge is 0.493 e. The Kier molecular flexibility index (Phi) is 10.7. The van der Waals surface area contributed by atoms with E-state index < -0.39 is 15.6 Å². The molecule has 0 spiro atoms. The van der Waals surface area contributed by atoms with Crippen LogP contribution < -0.4 is 24.8 Å². The number of aliphatic imine (C=N–C) groups is 1. The van der Waals surface area contributed by atoms with Gasteiger partial charge in [0.25, 0.3) is 0 Å². The fraction of sp³-hybridized carbons (Fsp3) is 0.409. The van der Waals surface area contributed by atoms with Gasteiger partial charge in [0.2, 0.25) is 10.0 Å². The highest BCUT2D eigenvalue weighted by atomic mass is 127. The lowest BCUT2D eigenvalue weighted by Gasteiger charge is -2.22. The van der Waals surface area contributed by atoms with E-state index in [2.05, 4.69) is 20.3 Å². The first-order valence-corrected chi connectivity index (χ1v) is 11.3. The van der Waals surface area contributed by atoms with Crippen LogP contribution in [-0.4, -0.2) is 41.2 Å². The summed E-state index contributed by atoms with van der Waals surface area (Å²) in [4.78, 5) is 4.46. The molecular formula is C22H33IN4O4S. The van der Waals surface area contributed by atoms with Crippen LogP contribution in [0.25, 0.3) is 0 Å². The van der Waals surface area contributed by atoms with Crippen LogP contribution in [-0.2, 0) is 23.1 Å². The normalized spacial score (nSPS) is 12.0. The number of halogens is 1. The molecule has 178 valence electrons. The van der Waals surface area contributed by atoms with E-state index in [0.717, 1.165) is 5.56 Å². The van der Waals surface area contributed by atoms with Crippen molar-refractivity contribution in [3.8, 4) is 11.5 Å². The first kappa shape index (κ1) is 28.0. The molecule has 0 aliphatic heterocycles. The SMILES string of the molecule is CN=C(NCc1ccc(OC)c(OC)c1)NCc1ccccc1S(=O)(=O)NC(C)(C)C.I. The van der Waals surface area contributed by atoms with Gasteiger partial charge in [-0.05, 0) is 50.1 Å². The van der Waals surface area contributed by atoms with Gasteiger partial charge < -0.3 is 20.1 Å². The van der Waals surface area contributed by atoms with Crippen molar-refractivity contribution >= 4 is 40.0 Å². The van der Waals surface area contributed by atoms with Crippen molar-refractivity contribution in [2.75, 3.05) is 21.3 Å². The second kappa shape index (κ2) is 12.3. The van der Waals surface area contributed by atoms with E-state index in [1.165, 1.54) is 0 Å². The van der Waals surface area contributed by atoms with Crippen molar-refractivity contribution in [2.24, 2.45) is 4.99 Å². The van der Waals surface area contributed by atoms with Gasteiger partial charge in [-0.3, -0.25) is 4.99 Å². The lowest BCUT2D eigenvalue weighted by atomic mass is 10.1. The molecule has 0 aliphatic rings. The third kappa shape index (κ3) is 8.14. The lowest BCUT2D eigenvalue weighted by molar-refractivity contribution is 0.354. The standard InChI is InChI=1S/C22H32N4O4S.HI/c1-22(2,3)26-31(27,28)20-10-8-7-9-17(20)15-25-21(23-4)24-14-16-11-12-18(29-5)19(13-16)30-6;/h7-13,26H,14-15H2,1-6H3,(H2,23,24,25);1H. The number of hydrogen-bond donors (Lipinski definition) is 3. The molecule has 2 aromatic carbocycles. The Bertz CT molecular complexity index is 1020. The van der Waals surface area contributed by atoms with Crippen LogP contribution >= 0.6 is 24.0 Å². The average molecular weight is 577 g/mol. The fourth-order valence-corrected chi connectivity index (χ4v) is 4.61. The van der Waals surface area contributed by atoms with E-state index in [1.54, 1.807) is 39.5 Å². The van der Waals surface area contributed by atoms with Gasteiger partial charge in [-0.25, -0.2) is 13.1 Å². The highest BCUT2D eigenvalue weighted by Crippen LogP contribution is 2.27. The number of rotatable bonds is 8. The van der Waals surface area contributed by atoms with Crippen molar-refractivity contribution in [3.63, 3.8) is 0 Å². The number of methoxy groups -OCH3 is 2. The average Bonchev–Trinajstić information content (AvgIpc) is 2.72. The number of hydrogen-bond acceptors (Lipinski definition) is 5. The third-order valence-corrected chi connectivity index (χ3v) is 6.14. The molecule has 0 fully saturated rings. The Morgan fingerprint density at radius 3 is 2.19 bits per heavy atom. The summed E-state index contributed by atoms with van der Waals surface area (Å²) in [6.45, 7) is 6.24. The fourth-order valence-electron chi connectivity index (χ4n) is 2.95. The zero-order chi connectivity index (χ0) is 23.1. The van der Waals surface area contributed by atoms with Crippen LogP contribution in [0.5, 0.6) is 11.5 Å². The predicted octanol–water partition coefficient (Wildman–Crippen LogP) is 3.26. The van der Waals surface area contributed by atoms with Crippen LogP contribution in [0.2, 0.25) is 0 Å². The summed E-state index contributed by atoms with van der Waals surface area (Å²) in [6.07, 6.45) is 0. The molecular weight excluding hydrogens is 543 g/mol. The first-order chi connectivity index (χ1) is 14.6. The zero-order valence-corrected chi connectivity index (χ0v) is 22.5. The molecule has 0 unspecified atom stereocenters. The summed E-state index contributed by atoms with van der Waals surface area (Å²) in [5.41, 5.74) is 1.06. The molecule has 0 saturated heterocycles. The Labute approximate surface area is 208 Å². The minimum atomic E-state index is -3.65. The van der Waals surface area contributed by atoms with Gasteiger partial charge in [0, 0.05) is 25.7 Å². The Hall–Kier alpha value is -2.05. The summed E-state index contributed by atoms with van der Waals surface area (Å²) >= 11 is 0. The molecule has 2 aromatic rings. The highest BCUT2D eigenvalue weighted by Gasteiger charge is 2.24. The molecule has 0 aliphatic carbocycles. The van der Waals surface area contributed by atoms with Crippen molar-refractivity contribution in [3.05, 3.63) is 53.6 Å². The molecule has 0 atom stereocenters. The first-order valence-electron chi connectivity index (χ1n) is 9.87. The third-order valence-electron chi connectivity index (χ3n) is 4.28. The monoisotopic (exact) mass is 576 g/mol. The maximum Gasteiger partial charge on any atom is 0.241 e. The minimum absolute atomic E-state index is 0. The molecule has 0 saturated carbocycles. The predicted molar refractivity (Wildman–Crippen MR) is 139 cm³/mol. The smallest absolute Gasteiger partial charge is 0.241 e. The second-order valence-electron chi connectivity index (χ2n) is 7.93. The summed E-state index contributed by atoms with van der Waals surface area (Å²) in [5, 5.41) is 6.39. The van der Waals surface area contributed by atoms with Crippen LogP contribution in [0, 0.1) is 0 Å². The lowest BCUT2D eigenvalue weighted by Crippen LogP contribution is -2.41. The van der Waals surface area contributed by atoms with Crippen molar-refractivity contribution in [1.82, 2.24) is 15.4 Å². The number of nitrogens with one attached hydrogen (secondary N) is 3. The van der Waals surface area contributed by atoms with Gasteiger partial charge in [-0.2, -0.15) is 0 Å². The molecule has 0 radical (unpaired) electrons. The van der Waals surface area contributed by atoms with E-state index in [-0.39, 0.29) is 28.9 Å². The molecule has 3 N–H and O–H groups in total. The summed E-state index contributed by atoms with van der Waals surface area (Å²) in [5.74, 6) is 1.86. The quantitative estimate of drug-likeness (QED) is 0.254. The number of nitrogens with zero attached hydrogens (tertiary/aromatic N) is 1. The molecule has 0 heterocycles. The van der Waals surface area contributed by atoms with Gasteiger partial charge in [0.1, 0.15) is 0 Å². The van der Waals surface area contributed by atoms with E-state index in [0.29, 0.717) is 36.1 Å². The van der Waals surface area contributed by atoms with Gasteiger partial charge in [-0.15, -0.1) is 24.0 Å². The highest BCUT2D eigenvalue weighted by molar-refractivity contribution is 14.0. The number of benzene rings is 2. The van der Waals surface area contributed by atoms with Crippen molar-refractivity contribution in [2.45, 2.75) is 44.3 Å². The van der Waals surface area contributed by atoms with Crippen molar-refractivity contribution in [1.29, 1.82) is 0 Å². The van der Waals surface area contributed by atoms with Gasteiger partial charge in [-0.1, -0.05) is 24.3 Å². The van der Waals surface area contributed by atoms with Crippen LogP contribution in [0.15, 0.2) is 52.4 Å². The number of sulfonamides is 1. The molecule has 32 heavy (non-hydrogen) atoms. The summed E-state index contributed by atoms with van der Waals surface area (Å²) in [7, 11) is 1.20. The maximum atomic E-state index is 12.8. The topological polar surface area (TPSA) is 101 Å². The molecule has 0 amide bonds. The van der Waals surface area contributed by atoms with E-state index in [4.69, 9.17) is 9.47 Å². The van der Waals surface area contributed by atoms with Gasteiger partial charge >= 0.3 is 0 Å². The Morgan fingerprint density at radius 2 is 1.59 bits per heavy atom. The van der Waals surface area contributed by atoms with Gasteiger partial charge in [0.15, 0.2) is 17.5 Å². The van der Waals surface area contributed by atoms with Crippen LogP contribution in [0.1, 0.15) is 31.9 Å². The van der Waals surface area contributed by atoms with Crippen LogP contribution in [0.3, 0.4) is 0 Å². The molecule has 0 aromatic heterocycles.